The van der Waals surface area contributed by atoms with Crippen LogP contribution in [0.15, 0.2) is 65.7 Å². The molecule has 0 aliphatic carbocycles. The summed E-state index contributed by atoms with van der Waals surface area (Å²) in [4.78, 5) is 5.24. The fraction of sp³-hybridized carbons (Fsp3) is 0.353. The second-order valence-corrected chi connectivity index (χ2v) is 19.9. The van der Waals surface area contributed by atoms with Gasteiger partial charge in [-0.25, -0.2) is 17.4 Å². The van der Waals surface area contributed by atoms with Crippen LogP contribution in [-0.4, -0.2) is 43.7 Å². The van der Waals surface area contributed by atoms with Gasteiger partial charge in [0.25, 0.3) is 10.0 Å². The summed E-state index contributed by atoms with van der Waals surface area (Å²) in [7, 11) is -3.51. The van der Waals surface area contributed by atoms with Crippen molar-refractivity contribution in [3.05, 3.63) is 94.4 Å². The number of aryl methyl sites for hydroxylation is 3. The SMILES string of the molecule is CCc1cc(C)c2c(ccn2S(=O)(=O)c2ccc(C)cc2)c1C(OC)c1nc2ccc(C#N)cc2n1COCC[Si](C)(C)C. The Labute approximate surface area is 260 Å². The van der Waals surface area contributed by atoms with E-state index in [1.807, 2.05) is 36.6 Å². The van der Waals surface area contributed by atoms with Crippen molar-refractivity contribution >= 4 is 40.0 Å². The van der Waals surface area contributed by atoms with E-state index in [9.17, 15) is 13.7 Å². The van der Waals surface area contributed by atoms with E-state index in [-0.39, 0.29) is 11.6 Å². The van der Waals surface area contributed by atoms with Crippen molar-refractivity contribution < 1.29 is 17.9 Å². The number of aromatic nitrogens is 3. The Bertz CT molecular complexity index is 1980. The number of imidazole rings is 1. The number of nitriles is 1. The van der Waals surface area contributed by atoms with Crippen LogP contribution in [0, 0.1) is 25.2 Å². The number of benzene rings is 3. The third-order valence-corrected chi connectivity index (χ3v) is 11.5. The fourth-order valence-corrected chi connectivity index (χ4v) is 7.83. The van der Waals surface area contributed by atoms with Gasteiger partial charge in [-0.3, -0.25) is 0 Å². The molecule has 230 valence electrons. The van der Waals surface area contributed by atoms with Gasteiger partial charge in [0.15, 0.2) is 0 Å². The average Bonchev–Trinajstić information content (AvgIpc) is 3.59. The lowest BCUT2D eigenvalue weighted by Crippen LogP contribution is -2.22. The molecule has 1 atom stereocenters. The monoisotopic (exact) mass is 628 g/mol. The summed E-state index contributed by atoms with van der Waals surface area (Å²) in [6.45, 7) is 13.8. The van der Waals surface area contributed by atoms with E-state index < -0.39 is 24.2 Å². The largest absolute Gasteiger partial charge is 0.369 e. The highest BCUT2D eigenvalue weighted by Crippen LogP contribution is 2.39. The quantitative estimate of drug-likeness (QED) is 0.112. The standard InChI is InChI=1S/C34H40N4O4SSi/c1-8-26-19-24(3)32-28(15-16-38(32)43(39,40)27-12-9-23(2)10-13-27)31(26)33(41-4)34-36-29-14-11-25(21-35)20-30(29)37(34)22-42-17-18-44(5,6)7/h9-16,19-20,33H,8,17-18,22H2,1-7H3. The van der Waals surface area contributed by atoms with Crippen LogP contribution in [0.4, 0.5) is 0 Å². The normalized spacial score (nSPS) is 13.0. The predicted octanol–water partition coefficient (Wildman–Crippen LogP) is 7.33. The summed E-state index contributed by atoms with van der Waals surface area (Å²) in [5, 5.41) is 10.4. The number of nitrogens with zero attached hydrogens (tertiary/aromatic N) is 4. The van der Waals surface area contributed by atoms with E-state index in [1.54, 1.807) is 43.6 Å². The Morgan fingerprint density at radius 1 is 1.05 bits per heavy atom. The molecule has 0 amide bonds. The summed E-state index contributed by atoms with van der Waals surface area (Å²) in [5.74, 6) is 0.639. The second-order valence-electron chi connectivity index (χ2n) is 12.5. The van der Waals surface area contributed by atoms with Crippen LogP contribution in [0.2, 0.25) is 25.7 Å². The van der Waals surface area contributed by atoms with Crippen molar-refractivity contribution in [2.24, 2.45) is 0 Å². The van der Waals surface area contributed by atoms with E-state index >= 15 is 0 Å². The van der Waals surface area contributed by atoms with Gasteiger partial charge in [-0.2, -0.15) is 5.26 Å². The van der Waals surface area contributed by atoms with Gasteiger partial charge in [-0.1, -0.05) is 50.3 Å². The van der Waals surface area contributed by atoms with Gasteiger partial charge in [0.05, 0.1) is 33.1 Å². The first kappa shape index (κ1) is 31.7. The lowest BCUT2D eigenvalue weighted by molar-refractivity contribution is 0.0740. The molecule has 10 heteroatoms. The van der Waals surface area contributed by atoms with Gasteiger partial charge in [-0.05, 0) is 73.8 Å². The molecule has 0 radical (unpaired) electrons. The van der Waals surface area contributed by atoms with Crippen molar-refractivity contribution in [1.29, 1.82) is 5.26 Å². The zero-order valence-corrected chi connectivity index (χ0v) is 28.3. The topological polar surface area (TPSA) is 99.1 Å². The van der Waals surface area contributed by atoms with Gasteiger partial charge in [0.1, 0.15) is 18.7 Å². The van der Waals surface area contributed by atoms with Gasteiger partial charge >= 0.3 is 0 Å². The minimum atomic E-state index is -3.85. The van der Waals surface area contributed by atoms with E-state index in [0.29, 0.717) is 29.9 Å². The number of ether oxygens (including phenoxy) is 2. The van der Waals surface area contributed by atoms with E-state index in [0.717, 1.165) is 44.7 Å². The number of methoxy groups -OCH3 is 1. The molecule has 2 heterocycles. The Balaban J connectivity index is 1.70. The molecule has 0 bridgehead atoms. The number of fused-ring (bicyclic) bond motifs is 2. The van der Waals surface area contributed by atoms with E-state index in [4.69, 9.17) is 14.5 Å². The third-order valence-electron chi connectivity index (χ3n) is 8.07. The molecule has 8 nitrogen and oxygen atoms in total. The highest BCUT2D eigenvalue weighted by atomic mass is 32.2. The molecule has 5 rings (SSSR count). The van der Waals surface area contributed by atoms with Gasteiger partial charge in [0, 0.05) is 38.9 Å². The van der Waals surface area contributed by atoms with Crippen LogP contribution in [0.1, 0.15) is 46.7 Å². The zero-order chi connectivity index (χ0) is 31.8. The lowest BCUT2D eigenvalue weighted by atomic mass is 9.93. The Kier molecular flexibility index (Phi) is 8.87. The summed E-state index contributed by atoms with van der Waals surface area (Å²) in [6.07, 6.45) is 1.72. The van der Waals surface area contributed by atoms with Gasteiger partial charge in [-0.15, -0.1) is 0 Å². The Hall–Kier alpha value is -3.75. The van der Waals surface area contributed by atoms with Crippen LogP contribution in [0.5, 0.6) is 0 Å². The molecule has 0 N–H and O–H groups in total. The molecular formula is C34H40N4O4SSi. The van der Waals surface area contributed by atoms with Crippen LogP contribution in [0.3, 0.4) is 0 Å². The molecule has 0 spiro atoms. The fourth-order valence-electron chi connectivity index (χ4n) is 5.66. The number of rotatable bonds is 11. The van der Waals surface area contributed by atoms with E-state index in [2.05, 4.69) is 38.7 Å². The Morgan fingerprint density at radius 3 is 2.41 bits per heavy atom. The summed E-state index contributed by atoms with van der Waals surface area (Å²) in [5.41, 5.74) is 6.43. The van der Waals surface area contributed by atoms with Crippen LogP contribution < -0.4 is 0 Å². The molecule has 2 aromatic heterocycles. The first-order valence-electron chi connectivity index (χ1n) is 14.9. The maximum Gasteiger partial charge on any atom is 0.268 e. The van der Waals surface area contributed by atoms with Crippen molar-refractivity contribution in [2.75, 3.05) is 13.7 Å². The summed E-state index contributed by atoms with van der Waals surface area (Å²) >= 11 is 0. The van der Waals surface area contributed by atoms with Crippen molar-refractivity contribution in [3.63, 3.8) is 0 Å². The highest BCUT2D eigenvalue weighted by Gasteiger charge is 2.29. The van der Waals surface area contributed by atoms with Crippen LogP contribution in [-0.2, 0) is 32.6 Å². The highest BCUT2D eigenvalue weighted by molar-refractivity contribution is 7.90. The van der Waals surface area contributed by atoms with Crippen LogP contribution >= 0.6 is 0 Å². The summed E-state index contributed by atoms with van der Waals surface area (Å²) in [6, 6.07) is 19.5. The van der Waals surface area contributed by atoms with Crippen molar-refractivity contribution in [2.45, 2.75) is 70.6 Å². The molecule has 1 unspecified atom stereocenters. The summed E-state index contributed by atoms with van der Waals surface area (Å²) < 4.78 is 43.6. The molecule has 0 fully saturated rings. The molecule has 44 heavy (non-hydrogen) atoms. The van der Waals surface area contributed by atoms with Crippen LogP contribution in [0.25, 0.3) is 21.9 Å². The number of hydrogen-bond donors (Lipinski definition) is 0. The van der Waals surface area contributed by atoms with Gasteiger partial charge < -0.3 is 14.0 Å². The maximum absolute atomic E-state index is 13.9. The molecule has 0 saturated carbocycles. The molecule has 3 aromatic carbocycles. The molecule has 0 aliphatic rings. The zero-order valence-electron chi connectivity index (χ0n) is 26.5. The average molecular weight is 629 g/mol. The molecular weight excluding hydrogens is 589 g/mol. The first-order valence-corrected chi connectivity index (χ1v) is 20.0. The third kappa shape index (κ3) is 5.97. The molecule has 0 saturated heterocycles. The second kappa shape index (κ2) is 12.3. The minimum absolute atomic E-state index is 0.231. The minimum Gasteiger partial charge on any atom is -0.369 e. The van der Waals surface area contributed by atoms with Crippen molar-refractivity contribution in [1.82, 2.24) is 13.5 Å². The Morgan fingerprint density at radius 2 is 1.77 bits per heavy atom. The number of hydrogen-bond acceptors (Lipinski definition) is 6. The smallest absolute Gasteiger partial charge is 0.268 e. The molecule has 0 aliphatic heterocycles. The predicted molar refractivity (Wildman–Crippen MR) is 177 cm³/mol. The maximum atomic E-state index is 13.9. The van der Waals surface area contributed by atoms with E-state index in [1.165, 1.54) is 3.97 Å². The van der Waals surface area contributed by atoms with Crippen molar-refractivity contribution in [3.8, 4) is 6.07 Å². The van der Waals surface area contributed by atoms with Gasteiger partial charge in [0.2, 0.25) is 0 Å². The lowest BCUT2D eigenvalue weighted by Gasteiger charge is -2.23. The first-order chi connectivity index (χ1) is 20.9. The molecule has 5 aromatic rings.